The topological polar surface area (TPSA) is 59.1 Å². The Kier molecular flexibility index (Phi) is 7.25. The molecular formula is C51H37N5O. The van der Waals surface area contributed by atoms with Crippen molar-refractivity contribution < 1.29 is 4.42 Å². The summed E-state index contributed by atoms with van der Waals surface area (Å²) in [5.74, 6) is 0. The van der Waals surface area contributed by atoms with Gasteiger partial charge < -0.3 is 13.6 Å². The van der Waals surface area contributed by atoms with Gasteiger partial charge in [-0.2, -0.15) is 0 Å². The van der Waals surface area contributed by atoms with Crippen molar-refractivity contribution in [2.45, 2.75) is 18.5 Å². The zero-order valence-electron chi connectivity index (χ0n) is 30.9. The zero-order valence-corrected chi connectivity index (χ0v) is 30.9. The van der Waals surface area contributed by atoms with E-state index in [1.165, 1.54) is 38.2 Å². The molecular weight excluding hydrogens is 699 g/mol. The van der Waals surface area contributed by atoms with Crippen LogP contribution in [0.25, 0.3) is 76.9 Å². The van der Waals surface area contributed by atoms with Crippen LogP contribution in [-0.4, -0.2) is 9.13 Å². The third-order valence-electron chi connectivity index (χ3n) is 11.8. The predicted octanol–water partition coefficient (Wildman–Crippen LogP) is 12.0. The maximum absolute atomic E-state index is 6.54. The fourth-order valence-corrected chi connectivity index (χ4v) is 9.33. The van der Waals surface area contributed by atoms with Crippen molar-refractivity contribution in [2.24, 2.45) is 0 Å². The molecule has 0 radical (unpaired) electrons. The lowest BCUT2D eigenvalue weighted by Crippen LogP contribution is -2.54. The molecule has 2 unspecified atom stereocenters. The van der Waals surface area contributed by atoms with Gasteiger partial charge in [-0.3, -0.25) is 16.0 Å². The van der Waals surface area contributed by atoms with Crippen molar-refractivity contribution in [1.29, 1.82) is 0 Å². The minimum absolute atomic E-state index is 0.0597. The molecule has 6 heteroatoms. The number of hydrogen-bond acceptors (Lipinski definition) is 4. The number of fused-ring (bicyclic) bond motifs is 11. The van der Waals surface area contributed by atoms with Gasteiger partial charge in [0, 0.05) is 43.7 Å². The van der Waals surface area contributed by atoms with Crippen LogP contribution in [0, 0.1) is 0 Å². The molecule has 0 bridgehead atoms. The minimum Gasteiger partial charge on any atom is -0.456 e. The average molecular weight is 736 g/mol. The molecule has 6 nitrogen and oxygen atoms in total. The zero-order chi connectivity index (χ0) is 37.5. The van der Waals surface area contributed by atoms with E-state index >= 15 is 0 Å². The van der Waals surface area contributed by atoms with Gasteiger partial charge in [0.2, 0.25) is 0 Å². The third kappa shape index (κ3) is 5.02. The van der Waals surface area contributed by atoms with Gasteiger partial charge in [0.15, 0.2) is 0 Å². The van der Waals surface area contributed by atoms with Crippen molar-refractivity contribution in [2.75, 3.05) is 0 Å². The Balaban J connectivity index is 1.13. The van der Waals surface area contributed by atoms with E-state index in [9.17, 15) is 0 Å². The van der Waals surface area contributed by atoms with E-state index in [2.05, 4.69) is 213 Å². The summed E-state index contributed by atoms with van der Waals surface area (Å²) >= 11 is 0. The molecule has 8 aromatic carbocycles. The molecule has 1 fully saturated rings. The fraction of sp³-hybridized carbons (Fsp3) is 0.0588. The van der Waals surface area contributed by atoms with Crippen molar-refractivity contribution >= 4 is 65.6 Å². The average Bonchev–Trinajstić information content (AvgIpc) is 3.95. The lowest BCUT2D eigenvalue weighted by molar-refractivity contribution is 0.203. The highest BCUT2D eigenvalue weighted by atomic mass is 16.3. The summed E-state index contributed by atoms with van der Waals surface area (Å²) in [4.78, 5) is 0. The summed E-state index contributed by atoms with van der Waals surface area (Å²) in [6.45, 7) is 0. The lowest BCUT2D eigenvalue weighted by atomic mass is 10.0. The predicted molar refractivity (Wildman–Crippen MR) is 233 cm³/mol. The van der Waals surface area contributed by atoms with Gasteiger partial charge in [0.1, 0.15) is 11.2 Å². The van der Waals surface area contributed by atoms with E-state index < -0.39 is 0 Å². The van der Waals surface area contributed by atoms with Crippen molar-refractivity contribution in [3.63, 3.8) is 0 Å². The summed E-state index contributed by atoms with van der Waals surface area (Å²) in [5, 5.41) is 18.7. The molecule has 2 atom stereocenters. The molecule has 0 spiro atoms. The molecule has 1 aliphatic heterocycles. The standard InChI is InChI=1S/C51H37N5O/c1-4-15-32(16-5-1)49-52-50(33-17-6-2-7-18-33)54-51(53-49)34-19-14-22-36(31-34)56-40-25-12-10-23-37(40)38-27-28-42-47(48(38)56)46-41(55(42)35-20-8-3-9-21-35)29-30-44-45(46)39-24-11-13-26-43(39)57-44/h1-31,49-54H. The summed E-state index contributed by atoms with van der Waals surface area (Å²) < 4.78 is 11.4. The second-order valence-electron chi connectivity index (χ2n) is 15.0. The summed E-state index contributed by atoms with van der Waals surface area (Å²) in [6, 6.07) is 67.2. The number of nitrogens with zero attached hydrogens (tertiary/aromatic N) is 2. The SMILES string of the molecule is c1ccc(C2NC(c3ccccc3)NC(c3cccc(-n4c5ccccc5c5ccc6c(c7c8c(ccc7n6-c6ccccc6)oc6ccccc68)c54)c3)N2)cc1. The Hall–Kier alpha value is -6.96. The van der Waals surface area contributed by atoms with E-state index in [4.69, 9.17) is 4.42 Å². The van der Waals surface area contributed by atoms with Gasteiger partial charge in [-0.1, -0.05) is 133 Å². The Morgan fingerprint density at radius 2 is 0.912 bits per heavy atom. The molecule has 3 N–H and O–H groups in total. The van der Waals surface area contributed by atoms with Crippen LogP contribution in [0.1, 0.15) is 35.2 Å². The Morgan fingerprint density at radius 3 is 1.65 bits per heavy atom. The molecule has 0 amide bonds. The van der Waals surface area contributed by atoms with Gasteiger partial charge in [0.25, 0.3) is 0 Å². The van der Waals surface area contributed by atoms with Crippen LogP contribution >= 0.6 is 0 Å². The maximum Gasteiger partial charge on any atom is 0.136 e. The van der Waals surface area contributed by atoms with Crippen LogP contribution in [0.2, 0.25) is 0 Å². The van der Waals surface area contributed by atoms with E-state index in [1.807, 2.05) is 0 Å². The number of rotatable bonds is 5. The van der Waals surface area contributed by atoms with E-state index in [1.54, 1.807) is 0 Å². The summed E-state index contributed by atoms with van der Waals surface area (Å²) in [6.07, 6.45) is -0.252. The first-order valence-corrected chi connectivity index (χ1v) is 19.6. The van der Waals surface area contributed by atoms with Gasteiger partial charge in [-0.05, 0) is 71.3 Å². The fourth-order valence-electron chi connectivity index (χ4n) is 9.33. The van der Waals surface area contributed by atoms with Crippen LogP contribution < -0.4 is 16.0 Å². The summed E-state index contributed by atoms with van der Waals surface area (Å²) in [5.41, 5.74) is 12.2. The molecule has 4 heterocycles. The molecule has 12 rings (SSSR count). The molecule has 1 aliphatic rings. The molecule has 272 valence electrons. The molecule has 3 aromatic heterocycles. The number of furan rings is 1. The number of hydrogen-bond donors (Lipinski definition) is 3. The number of aromatic nitrogens is 2. The molecule has 11 aromatic rings. The van der Waals surface area contributed by atoms with Crippen molar-refractivity contribution in [3.05, 3.63) is 205 Å². The van der Waals surface area contributed by atoms with Crippen LogP contribution in [0.15, 0.2) is 192 Å². The first-order chi connectivity index (χ1) is 28.3. The van der Waals surface area contributed by atoms with Crippen LogP contribution in [0.4, 0.5) is 0 Å². The first kappa shape index (κ1) is 32.3. The smallest absolute Gasteiger partial charge is 0.136 e. The van der Waals surface area contributed by atoms with Crippen LogP contribution in [-0.2, 0) is 0 Å². The number of benzene rings is 8. The quantitative estimate of drug-likeness (QED) is 0.165. The number of nitrogens with one attached hydrogen (secondary N) is 3. The Bertz CT molecular complexity index is 3240. The normalized spacial score (nSPS) is 17.4. The van der Waals surface area contributed by atoms with Crippen molar-refractivity contribution in [1.82, 2.24) is 25.1 Å². The van der Waals surface area contributed by atoms with Crippen LogP contribution in [0.3, 0.4) is 0 Å². The molecule has 1 saturated heterocycles. The maximum atomic E-state index is 6.54. The van der Waals surface area contributed by atoms with Crippen LogP contribution in [0.5, 0.6) is 0 Å². The summed E-state index contributed by atoms with van der Waals surface area (Å²) in [7, 11) is 0. The Labute approximate surface area is 328 Å². The molecule has 0 aliphatic carbocycles. The number of para-hydroxylation sites is 3. The highest BCUT2D eigenvalue weighted by molar-refractivity contribution is 6.34. The van der Waals surface area contributed by atoms with Gasteiger partial charge in [-0.15, -0.1) is 0 Å². The lowest BCUT2D eigenvalue weighted by Gasteiger charge is -2.39. The van der Waals surface area contributed by atoms with E-state index in [0.717, 1.165) is 55.4 Å². The third-order valence-corrected chi connectivity index (χ3v) is 11.8. The van der Waals surface area contributed by atoms with E-state index in [-0.39, 0.29) is 18.5 Å². The highest BCUT2D eigenvalue weighted by Gasteiger charge is 2.30. The molecule has 0 saturated carbocycles. The molecule has 57 heavy (non-hydrogen) atoms. The second-order valence-corrected chi connectivity index (χ2v) is 15.0. The van der Waals surface area contributed by atoms with Gasteiger partial charge >= 0.3 is 0 Å². The van der Waals surface area contributed by atoms with E-state index in [0.29, 0.717) is 0 Å². The largest absolute Gasteiger partial charge is 0.456 e. The van der Waals surface area contributed by atoms with Gasteiger partial charge in [0.05, 0.1) is 40.6 Å². The van der Waals surface area contributed by atoms with Crippen molar-refractivity contribution in [3.8, 4) is 11.4 Å². The first-order valence-electron chi connectivity index (χ1n) is 19.6. The van der Waals surface area contributed by atoms with Gasteiger partial charge in [-0.25, -0.2) is 0 Å². The Morgan fingerprint density at radius 1 is 0.351 bits per heavy atom. The monoisotopic (exact) mass is 735 g/mol. The highest BCUT2D eigenvalue weighted by Crippen LogP contribution is 2.46. The minimum atomic E-state index is -0.133. The second kappa shape index (κ2) is 12.8.